The smallest absolute Gasteiger partial charge is 0.0951 e. The first-order valence-corrected chi connectivity index (χ1v) is 7.66. The van der Waals surface area contributed by atoms with Crippen molar-refractivity contribution in [3.05, 3.63) is 30.5 Å². The number of nitrogens with zero attached hydrogens (tertiary/aromatic N) is 1. The van der Waals surface area contributed by atoms with E-state index in [2.05, 4.69) is 17.2 Å². The highest BCUT2D eigenvalue weighted by Gasteiger charge is 2.33. The summed E-state index contributed by atoms with van der Waals surface area (Å²) in [5.41, 5.74) is 8.30. The number of rotatable bonds is 3. The van der Waals surface area contributed by atoms with Gasteiger partial charge in [0, 0.05) is 17.3 Å². The fourth-order valence-corrected chi connectivity index (χ4v) is 3.23. The molecule has 0 bridgehead atoms. The number of aliphatic hydroxyl groups is 1. The van der Waals surface area contributed by atoms with Gasteiger partial charge in [-0.05, 0) is 55.9 Å². The van der Waals surface area contributed by atoms with Crippen LogP contribution < -0.4 is 11.1 Å². The van der Waals surface area contributed by atoms with Crippen molar-refractivity contribution in [1.29, 1.82) is 0 Å². The molecule has 1 heterocycles. The Kier molecular flexibility index (Phi) is 3.72. The van der Waals surface area contributed by atoms with Crippen LogP contribution in [0.15, 0.2) is 30.5 Å². The molecule has 21 heavy (non-hydrogen) atoms. The van der Waals surface area contributed by atoms with E-state index in [0.717, 1.165) is 48.2 Å². The Balaban J connectivity index is 1.96. The summed E-state index contributed by atoms with van der Waals surface area (Å²) in [6.07, 6.45) is 6.05. The number of hydrogen-bond acceptors (Lipinski definition) is 4. The average molecular weight is 285 g/mol. The van der Waals surface area contributed by atoms with Crippen LogP contribution in [0.2, 0.25) is 0 Å². The molecular weight excluding hydrogens is 262 g/mol. The second-order valence-electron chi connectivity index (χ2n) is 6.35. The van der Waals surface area contributed by atoms with Gasteiger partial charge in [-0.15, -0.1) is 0 Å². The van der Waals surface area contributed by atoms with Crippen LogP contribution in [-0.2, 0) is 0 Å². The van der Waals surface area contributed by atoms with Crippen LogP contribution >= 0.6 is 0 Å². The second-order valence-corrected chi connectivity index (χ2v) is 6.35. The molecule has 0 amide bonds. The lowest BCUT2D eigenvalue weighted by Crippen LogP contribution is -2.45. The van der Waals surface area contributed by atoms with Crippen molar-refractivity contribution in [1.82, 2.24) is 4.98 Å². The van der Waals surface area contributed by atoms with Crippen molar-refractivity contribution in [3.8, 4) is 0 Å². The molecule has 4 heteroatoms. The fraction of sp³-hybridized carbons (Fsp3) is 0.471. The number of nitrogens with one attached hydrogen (secondary N) is 1. The zero-order chi connectivity index (χ0) is 14.9. The third-order valence-electron chi connectivity index (χ3n) is 4.73. The molecule has 3 rings (SSSR count). The molecule has 112 valence electrons. The van der Waals surface area contributed by atoms with Gasteiger partial charge in [-0.1, -0.05) is 6.92 Å². The number of hydrogen-bond donors (Lipinski definition) is 3. The average Bonchev–Trinajstić information content (AvgIpc) is 2.53. The van der Waals surface area contributed by atoms with E-state index in [0.29, 0.717) is 5.69 Å². The molecule has 0 saturated heterocycles. The van der Waals surface area contributed by atoms with Gasteiger partial charge >= 0.3 is 0 Å². The molecule has 1 aliphatic carbocycles. The van der Waals surface area contributed by atoms with E-state index in [9.17, 15) is 5.11 Å². The van der Waals surface area contributed by atoms with Gasteiger partial charge in [0.05, 0.1) is 23.3 Å². The van der Waals surface area contributed by atoms with Crippen molar-refractivity contribution in [2.75, 3.05) is 17.7 Å². The summed E-state index contributed by atoms with van der Waals surface area (Å²) in [5.74, 6) is 0.747. The Morgan fingerprint density at radius 2 is 2.10 bits per heavy atom. The Hall–Kier alpha value is -1.81. The number of fused-ring (bicyclic) bond motifs is 1. The Bertz CT molecular complexity index is 633. The molecule has 1 aromatic heterocycles. The first kappa shape index (κ1) is 14.1. The fourth-order valence-electron chi connectivity index (χ4n) is 3.23. The van der Waals surface area contributed by atoms with Gasteiger partial charge in [0.1, 0.15) is 0 Å². The second kappa shape index (κ2) is 5.53. The molecule has 1 aromatic carbocycles. The molecule has 1 saturated carbocycles. The van der Waals surface area contributed by atoms with Gasteiger partial charge in [0.25, 0.3) is 0 Å². The number of nitrogens with two attached hydrogens (primary N) is 1. The highest BCUT2D eigenvalue weighted by atomic mass is 16.3. The summed E-state index contributed by atoms with van der Waals surface area (Å²) in [6, 6.07) is 7.82. The van der Waals surface area contributed by atoms with Crippen LogP contribution in [0.3, 0.4) is 0 Å². The van der Waals surface area contributed by atoms with Gasteiger partial charge in [-0.3, -0.25) is 4.98 Å². The standard InChI is InChI=1S/C17H23N3O/c1-12-6-8-17(11-21,9-7-12)20-15-5-4-14(18)16-13(15)3-2-10-19-16/h2-5,10,12,20-21H,6-9,11,18H2,1H3. The summed E-state index contributed by atoms with van der Waals surface area (Å²) in [7, 11) is 0. The summed E-state index contributed by atoms with van der Waals surface area (Å²) >= 11 is 0. The largest absolute Gasteiger partial charge is 0.397 e. The van der Waals surface area contributed by atoms with Crippen molar-refractivity contribution >= 4 is 22.3 Å². The minimum atomic E-state index is -0.217. The van der Waals surface area contributed by atoms with E-state index in [1.54, 1.807) is 6.20 Å². The summed E-state index contributed by atoms with van der Waals surface area (Å²) in [5, 5.41) is 14.5. The molecule has 0 radical (unpaired) electrons. The third-order valence-corrected chi connectivity index (χ3v) is 4.73. The highest BCUT2D eigenvalue weighted by Crippen LogP contribution is 2.36. The van der Waals surface area contributed by atoms with Crippen molar-refractivity contribution < 1.29 is 5.11 Å². The van der Waals surface area contributed by atoms with Crippen molar-refractivity contribution in [2.24, 2.45) is 5.92 Å². The number of aliphatic hydroxyl groups excluding tert-OH is 1. The van der Waals surface area contributed by atoms with Crippen molar-refractivity contribution in [2.45, 2.75) is 38.1 Å². The molecule has 4 N–H and O–H groups in total. The summed E-state index contributed by atoms with van der Waals surface area (Å²) in [4.78, 5) is 4.37. The van der Waals surface area contributed by atoms with Crippen molar-refractivity contribution in [3.63, 3.8) is 0 Å². The maximum absolute atomic E-state index is 9.91. The maximum atomic E-state index is 9.91. The first-order valence-electron chi connectivity index (χ1n) is 7.66. The van der Waals surface area contributed by atoms with E-state index in [1.165, 1.54) is 0 Å². The lowest BCUT2D eigenvalue weighted by Gasteiger charge is -2.39. The van der Waals surface area contributed by atoms with Gasteiger partial charge in [-0.2, -0.15) is 0 Å². The molecule has 4 nitrogen and oxygen atoms in total. The summed E-state index contributed by atoms with van der Waals surface area (Å²) in [6.45, 7) is 2.44. The number of benzene rings is 1. The zero-order valence-electron chi connectivity index (χ0n) is 12.5. The molecular formula is C17H23N3O. The van der Waals surface area contributed by atoms with Gasteiger partial charge in [0.15, 0.2) is 0 Å². The molecule has 0 unspecified atom stereocenters. The van der Waals surface area contributed by atoms with E-state index in [1.807, 2.05) is 24.3 Å². The molecule has 2 aromatic rings. The van der Waals surface area contributed by atoms with E-state index in [-0.39, 0.29) is 12.1 Å². The molecule has 0 aliphatic heterocycles. The van der Waals surface area contributed by atoms with Gasteiger partial charge in [-0.25, -0.2) is 0 Å². The van der Waals surface area contributed by atoms with Gasteiger partial charge in [0.2, 0.25) is 0 Å². The predicted octanol–water partition coefficient (Wildman–Crippen LogP) is 3.17. The van der Waals surface area contributed by atoms with Crippen LogP contribution in [0.1, 0.15) is 32.6 Å². The quantitative estimate of drug-likeness (QED) is 0.757. The number of pyridine rings is 1. The SMILES string of the molecule is CC1CCC(CO)(Nc2ccc(N)c3ncccc23)CC1. The third kappa shape index (κ3) is 2.68. The summed E-state index contributed by atoms with van der Waals surface area (Å²) < 4.78 is 0. The topological polar surface area (TPSA) is 71.2 Å². The minimum Gasteiger partial charge on any atom is -0.397 e. The monoisotopic (exact) mass is 285 g/mol. The van der Waals surface area contributed by atoms with Crippen LogP contribution in [-0.4, -0.2) is 22.2 Å². The highest BCUT2D eigenvalue weighted by molar-refractivity contribution is 5.98. The minimum absolute atomic E-state index is 0.159. The van der Waals surface area contributed by atoms with Crippen LogP contribution in [0.25, 0.3) is 10.9 Å². The first-order chi connectivity index (χ1) is 10.1. The Morgan fingerprint density at radius 3 is 2.81 bits per heavy atom. The maximum Gasteiger partial charge on any atom is 0.0951 e. The van der Waals surface area contributed by atoms with E-state index in [4.69, 9.17) is 5.73 Å². The number of nitrogen functional groups attached to an aromatic ring is 1. The van der Waals surface area contributed by atoms with Crippen LogP contribution in [0.5, 0.6) is 0 Å². The van der Waals surface area contributed by atoms with E-state index < -0.39 is 0 Å². The molecule has 0 spiro atoms. The van der Waals surface area contributed by atoms with Crippen LogP contribution in [0, 0.1) is 5.92 Å². The molecule has 0 atom stereocenters. The lowest BCUT2D eigenvalue weighted by atomic mass is 9.77. The zero-order valence-corrected chi connectivity index (χ0v) is 12.5. The molecule has 1 fully saturated rings. The van der Waals surface area contributed by atoms with Gasteiger partial charge < -0.3 is 16.2 Å². The molecule has 1 aliphatic rings. The Labute approximate surface area is 125 Å². The number of anilines is 2. The number of aromatic nitrogens is 1. The lowest BCUT2D eigenvalue weighted by molar-refractivity contribution is 0.155. The predicted molar refractivity (Wildman–Crippen MR) is 87.2 cm³/mol. The normalized spacial score (nSPS) is 25.9. The van der Waals surface area contributed by atoms with E-state index >= 15 is 0 Å². The Morgan fingerprint density at radius 1 is 1.33 bits per heavy atom. The van der Waals surface area contributed by atoms with Crippen LogP contribution in [0.4, 0.5) is 11.4 Å².